The van der Waals surface area contributed by atoms with E-state index in [4.69, 9.17) is 9.26 Å². The van der Waals surface area contributed by atoms with Crippen LogP contribution in [0.15, 0.2) is 21.3 Å². The van der Waals surface area contributed by atoms with E-state index in [-0.39, 0.29) is 24.3 Å². The molecule has 3 aromatic heterocycles. The molecular weight excluding hydrogens is 386 g/mol. The molecule has 0 aliphatic heterocycles. The molecule has 4 rings (SSSR count). The summed E-state index contributed by atoms with van der Waals surface area (Å²) in [5, 5.41) is 11.1. The topological polar surface area (TPSA) is 94.3 Å². The van der Waals surface area contributed by atoms with Crippen molar-refractivity contribution in [3.05, 3.63) is 38.7 Å². The molecular formula is C18H17N3O4S2. The van der Waals surface area contributed by atoms with E-state index in [0.29, 0.717) is 16.5 Å². The number of hydrogen-bond donors (Lipinski definition) is 1. The second kappa shape index (κ2) is 7.24. The Morgan fingerprint density at radius 3 is 2.89 bits per heavy atom. The van der Waals surface area contributed by atoms with Crippen molar-refractivity contribution in [3.63, 3.8) is 0 Å². The first-order chi connectivity index (χ1) is 13.0. The number of amides is 1. The molecule has 1 amide bonds. The third-order valence-corrected chi connectivity index (χ3v) is 6.15. The Kier molecular flexibility index (Phi) is 4.79. The molecule has 9 heteroatoms. The summed E-state index contributed by atoms with van der Waals surface area (Å²) >= 11 is 2.91. The summed E-state index contributed by atoms with van der Waals surface area (Å²) in [6, 6.07) is 1.88. The monoisotopic (exact) mass is 403 g/mol. The Hall–Kier alpha value is -2.52. The molecule has 140 valence electrons. The number of nitrogens with one attached hydrogen (secondary N) is 1. The molecule has 1 saturated carbocycles. The summed E-state index contributed by atoms with van der Waals surface area (Å²) in [6.45, 7) is 3.66. The van der Waals surface area contributed by atoms with Crippen molar-refractivity contribution >= 4 is 39.6 Å². The molecule has 1 N–H and O–H groups in total. The van der Waals surface area contributed by atoms with Crippen LogP contribution in [-0.4, -0.2) is 22.0 Å². The lowest BCUT2D eigenvalue weighted by atomic mass is 10.1. The molecule has 0 saturated heterocycles. The molecule has 27 heavy (non-hydrogen) atoms. The second-order valence-electron chi connectivity index (χ2n) is 6.35. The highest BCUT2D eigenvalue weighted by Gasteiger charge is 2.31. The number of hydrogen-bond acceptors (Lipinski definition) is 8. The molecule has 3 heterocycles. The van der Waals surface area contributed by atoms with Crippen LogP contribution in [-0.2, 0) is 16.1 Å². The lowest BCUT2D eigenvalue weighted by Gasteiger charge is -2.06. The Labute approximate surface area is 163 Å². The number of esters is 1. The predicted octanol–water partition coefficient (Wildman–Crippen LogP) is 4.18. The average molecular weight is 403 g/mol. The summed E-state index contributed by atoms with van der Waals surface area (Å²) in [7, 11) is 0. The minimum Gasteiger partial charge on any atom is -0.454 e. The van der Waals surface area contributed by atoms with Gasteiger partial charge in [0.25, 0.3) is 5.89 Å². The Morgan fingerprint density at radius 1 is 1.37 bits per heavy atom. The molecule has 0 spiro atoms. The number of rotatable bonds is 6. The smallest absolute Gasteiger partial charge is 0.341 e. The first-order valence-corrected chi connectivity index (χ1v) is 10.2. The minimum atomic E-state index is -0.509. The maximum Gasteiger partial charge on any atom is 0.341 e. The summed E-state index contributed by atoms with van der Waals surface area (Å²) < 4.78 is 10.6. The number of nitrogens with zero attached hydrogens (tertiary/aromatic N) is 2. The van der Waals surface area contributed by atoms with Gasteiger partial charge in [-0.2, -0.15) is 16.3 Å². The molecule has 0 unspecified atom stereocenters. The van der Waals surface area contributed by atoms with Gasteiger partial charge in [-0.15, -0.1) is 11.3 Å². The number of carbonyl (C=O) groups excluding carboxylic acids is 2. The second-order valence-corrected chi connectivity index (χ2v) is 8.36. The van der Waals surface area contributed by atoms with Crippen LogP contribution in [0.4, 0.5) is 5.00 Å². The zero-order valence-corrected chi connectivity index (χ0v) is 16.4. The minimum absolute atomic E-state index is 0.0381. The molecule has 3 aromatic rings. The third-order valence-electron chi connectivity index (χ3n) is 4.34. The van der Waals surface area contributed by atoms with Crippen molar-refractivity contribution in [2.75, 3.05) is 5.32 Å². The van der Waals surface area contributed by atoms with Crippen LogP contribution in [0.2, 0.25) is 0 Å². The molecule has 0 atom stereocenters. The van der Waals surface area contributed by atoms with Crippen LogP contribution < -0.4 is 5.32 Å². The van der Waals surface area contributed by atoms with E-state index in [2.05, 4.69) is 15.5 Å². The van der Waals surface area contributed by atoms with Gasteiger partial charge in [-0.1, -0.05) is 5.16 Å². The molecule has 0 bridgehead atoms. The van der Waals surface area contributed by atoms with Gasteiger partial charge in [0.15, 0.2) is 6.61 Å². The number of aryl methyl sites for hydroxylation is 1. The standard InChI is InChI=1S/C18H17N3O4S2/c1-9-10(2)27-17(20-15(22)11-3-4-11)14(9)18(23)24-7-13-19-16(25-21-13)12-5-6-26-8-12/h5-6,8,11H,3-4,7H2,1-2H3,(H,20,22). The Bertz CT molecular complexity index is 987. The van der Waals surface area contributed by atoms with Gasteiger partial charge in [0.2, 0.25) is 11.7 Å². The number of ether oxygens (including phenoxy) is 1. The first kappa shape index (κ1) is 17.9. The summed E-state index contributed by atoms with van der Waals surface area (Å²) in [5.74, 6) is 0.195. The fourth-order valence-electron chi connectivity index (χ4n) is 2.54. The van der Waals surface area contributed by atoms with Gasteiger partial charge in [0.05, 0.1) is 11.1 Å². The zero-order valence-electron chi connectivity index (χ0n) is 14.8. The lowest BCUT2D eigenvalue weighted by Crippen LogP contribution is -2.16. The SMILES string of the molecule is Cc1sc(NC(=O)C2CC2)c(C(=O)OCc2noc(-c3ccsc3)n2)c1C. The third kappa shape index (κ3) is 3.79. The summed E-state index contributed by atoms with van der Waals surface area (Å²) in [5.41, 5.74) is 2.04. The normalized spacial score (nSPS) is 13.6. The highest BCUT2D eigenvalue weighted by Crippen LogP contribution is 2.36. The van der Waals surface area contributed by atoms with E-state index >= 15 is 0 Å². The van der Waals surface area contributed by atoms with Crippen LogP contribution in [0.25, 0.3) is 11.5 Å². The quantitative estimate of drug-likeness (QED) is 0.621. The van der Waals surface area contributed by atoms with Gasteiger partial charge in [0, 0.05) is 16.2 Å². The van der Waals surface area contributed by atoms with Crippen molar-refractivity contribution in [2.24, 2.45) is 5.92 Å². The van der Waals surface area contributed by atoms with Gasteiger partial charge in [-0.05, 0) is 43.7 Å². The van der Waals surface area contributed by atoms with Crippen molar-refractivity contribution in [1.29, 1.82) is 0 Å². The van der Waals surface area contributed by atoms with E-state index in [1.807, 2.05) is 30.7 Å². The van der Waals surface area contributed by atoms with Crippen molar-refractivity contribution in [3.8, 4) is 11.5 Å². The molecule has 7 nitrogen and oxygen atoms in total. The highest BCUT2D eigenvalue weighted by molar-refractivity contribution is 7.16. The van der Waals surface area contributed by atoms with Crippen LogP contribution in [0, 0.1) is 19.8 Å². The number of anilines is 1. The molecule has 0 aromatic carbocycles. The van der Waals surface area contributed by atoms with E-state index < -0.39 is 5.97 Å². The summed E-state index contributed by atoms with van der Waals surface area (Å²) in [6.07, 6.45) is 1.80. The largest absolute Gasteiger partial charge is 0.454 e. The Morgan fingerprint density at radius 2 is 2.19 bits per heavy atom. The highest BCUT2D eigenvalue weighted by atomic mass is 32.1. The number of aromatic nitrogens is 2. The summed E-state index contributed by atoms with van der Waals surface area (Å²) in [4.78, 5) is 29.9. The predicted molar refractivity (Wildman–Crippen MR) is 102 cm³/mol. The van der Waals surface area contributed by atoms with Crippen LogP contribution in [0.1, 0.15) is 39.5 Å². The van der Waals surface area contributed by atoms with E-state index in [0.717, 1.165) is 28.8 Å². The molecule has 0 radical (unpaired) electrons. The van der Waals surface area contributed by atoms with Gasteiger partial charge in [-0.3, -0.25) is 4.79 Å². The van der Waals surface area contributed by atoms with Crippen LogP contribution >= 0.6 is 22.7 Å². The fourth-order valence-corrected chi connectivity index (χ4v) is 4.22. The van der Waals surface area contributed by atoms with Crippen LogP contribution in [0.5, 0.6) is 0 Å². The van der Waals surface area contributed by atoms with E-state index in [9.17, 15) is 9.59 Å². The molecule has 1 aliphatic rings. The van der Waals surface area contributed by atoms with Gasteiger partial charge >= 0.3 is 5.97 Å². The number of thiophene rings is 2. The lowest BCUT2D eigenvalue weighted by molar-refractivity contribution is -0.117. The van der Waals surface area contributed by atoms with Crippen molar-refractivity contribution in [1.82, 2.24) is 10.1 Å². The van der Waals surface area contributed by atoms with E-state index in [1.54, 1.807) is 0 Å². The maximum atomic E-state index is 12.6. The van der Waals surface area contributed by atoms with Crippen molar-refractivity contribution in [2.45, 2.75) is 33.3 Å². The van der Waals surface area contributed by atoms with Gasteiger partial charge in [0.1, 0.15) is 5.00 Å². The zero-order chi connectivity index (χ0) is 19.0. The first-order valence-electron chi connectivity index (χ1n) is 8.46. The fraction of sp³-hybridized carbons (Fsp3) is 0.333. The van der Waals surface area contributed by atoms with Crippen molar-refractivity contribution < 1.29 is 18.8 Å². The Balaban J connectivity index is 1.45. The van der Waals surface area contributed by atoms with Crippen LogP contribution in [0.3, 0.4) is 0 Å². The van der Waals surface area contributed by atoms with Gasteiger partial charge < -0.3 is 14.6 Å². The molecule has 1 fully saturated rings. The van der Waals surface area contributed by atoms with E-state index in [1.165, 1.54) is 22.7 Å². The molecule has 1 aliphatic carbocycles. The number of carbonyl (C=O) groups is 2. The maximum absolute atomic E-state index is 12.6. The average Bonchev–Trinajstić information content (AvgIpc) is 3.04. The van der Waals surface area contributed by atoms with Gasteiger partial charge in [-0.25, -0.2) is 4.79 Å².